The molecule has 0 bridgehead atoms. The molecule has 1 nitrogen and oxygen atoms in total. The van der Waals surface area contributed by atoms with Gasteiger partial charge in [0.2, 0.25) is 0 Å². The molecule has 51 valence electrons. The fourth-order valence-electron chi connectivity index (χ4n) is 0.719. The number of nitrogens with zero attached hydrogens (tertiary/aromatic N) is 1. The van der Waals surface area contributed by atoms with E-state index in [1.165, 1.54) is 12.8 Å². The van der Waals surface area contributed by atoms with Crippen molar-refractivity contribution < 1.29 is 19.5 Å². The average Bonchev–Trinajstić information content (AvgIpc) is 1.69. The average molecular weight is 313 g/mol. The van der Waals surface area contributed by atoms with Gasteiger partial charge in [-0.2, -0.15) is 0 Å². The van der Waals surface area contributed by atoms with Gasteiger partial charge in [-0.15, -0.1) is 13.1 Å². The van der Waals surface area contributed by atoms with E-state index in [2.05, 4.69) is 27.9 Å². The molecule has 0 aliphatic carbocycles. The summed E-state index contributed by atoms with van der Waals surface area (Å²) in [6.45, 7) is 2.21. The van der Waals surface area contributed by atoms with Crippen LogP contribution in [0.2, 0.25) is 0 Å². The van der Waals surface area contributed by atoms with Crippen LogP contribution in [0.4, 0.5) is 0 Å². The van der Waals surface area contributed by atoms with Crippen LogP contribution >= 0.6 is 22.6 Å². The summed E-state index contributed by atoms with van der Waals surface area (Å²) in [5.41, 5.74) is 0. The Morgan fingerprint density at radius 3 is 2.00 bits per heavy atom. The van der Waals surface area contributed by atoms with Gasteiger partial charge in [-0.25, -0.2) is 0 Å². The van der Waals surface area contributed by atoms with Gasteiger partial charge in [-0.3, -0.25) is 0 Å². The third-order valence-corrected chi connectivity index (χ3v) is 2.45. The summed E-state index contributed by atoms with van der Waals surface area (Å²) in [5.74, 6) is 0. The largest absolute Gasteiger partial charge is 0.662 e. The normalized spacial score (nSPS) is 22.1. The second-order valence-corrected chi connectivity index (χ2v) is 3.61. The van der Waals surface area contributed by atoms with Crippen LogP contribution in [0, 0.1) is 0 Å². The Morgan fingerprint density at radius 1 is 1.25 bits per heavy atom. The van der Waals surface area contributed by atoms with Gasteiger partial charge in [0.05, 0.1) is 0 Å². The Balaban J connectivity index is 0.000000490. The van der Waals surface area contributed by atoms with Crippen molar-refractivity contribution in [3.05, 3.63) is 5.32 Å². The summed E-state index contributed by atoms with van der Waals surface area (Å²) >= 11 is 2.50. The Bertz CT molecular complexity index is 54.4. The fourth-order valence-corrected chi connectivity index (χ4v) is 1.28. The Hall–Kier alpha value is 1.31. The van der Waals surface area contributed by atoms with E-state index in [1.54, 1.807) is 0 Å². The maximum Gasteiger partial charge on any atom is 0.00769 e. The number of hydrogen-bond donors (Lipinski definition) is 0. The molecule has 1 aliphatic rings. The Kier molecular flexibility index (Phi) is 5.97. The number of alkyl halides is 1. The van der Waals surface area contributed by atoms with E-state index < -0.39 is 0 Å². The minimum absolute atomic E-state index is 0. The smallest absolute Gasteiger partial charge is 0.00769 e. The van der Waals surface area contributed by atoms with Crippen LogP contribution in [-0.4, -0.2) is 17.0 Å². The molecule has 0 aromatic carbocycles. The van der Waals surface area contributed by atoms with E-state index in [0.717, 1.165) is 17.0 Å². The molecule has 0 amide bonds. The summed E-state index contributed by atoms with van der Waals surface area (Å²) in [6, 6.07) is 0. The van der Waals surface area contributed by atoms with Gasteiger partial charge in [-0.05, 0) is 0 Å². The van der Waals surface area contributed by atoms with Crippen LogP contribution < -0.4 is 0 Å². The van der Waals surface area contributed by atoms with Crippen LogP contribution in [-0.2, 0) is 19.5 Å². The zero-order valence-corrected chi connectivity index (χ0v) is 8.36. The van der Waals surface area contributed by atoms with Gasteiger partial charge in [0, 0.05) is 23.4 Å². The molecular formula is C5H9INRh-. The molecule has 1 saturated heterocycles. The van der Waals surface area contributed by atoms with Crippen molar-refractivity contribution in [3.8, 4) is 0 Å². The topological polar surface area (TPSA) is 14.1 Å². The first-order valence-corrected chi connectivity index (χ1v) is 3.91. The molecule has 0 unspecified atom stereocenters. The van der Waals surface area contributed by atoms with Crippen molar-refractivity contribution in [2.24, 2.45) is 0 Å². The minimum Gasteiger partial charge on any atom is -0.662 e. The van der Waals surface area contributed by atoms with Crippen molar-refractivity contribution in [3.63, 3.8) is 0 Å². The maximum absolute atomic E-state index is 4.22. The molecule has 0 saturated carbocycles. The van der Waals surface area contributed by atoms with Gasteiger partial charge in [0.1, 0.15) is 0 Å². The quantitative estimate of drug-likeness (QED) is 0.369. The second-order valence-electron chi connectivity index (χ2n) is 1.85. The molecular weight excluding hydrogens is 304 g/mol. The van der Waals surface area contributed by atoms with E-state index in [1.807, 2.05) is 0 Å². The molecule has 1 rings (SSSR count). The summed E-state index contributed by atoms with van der Waals surface area (Å²) in [4.78, 5) is 0. The van der Waals surface area contributed by atoms with Crippen molar-refractivity contribution in [2.45, 2.75) is 16.8 Å². The van der Waals surface area contributed by atoms with Crippen LogP contribution in [0.25, 0.3) is 5.32 Å². The van der Waals surface area contributed by atoms with Crippen molar-refractivity contribution in [2.75, 3.05) is 13.1 Å². The van der Waals surface area contributed by atoms with Crippen molar-refractivity contribution >= 4 is 22.6 Å². The van der Waals surface area contributed by atoms with E-state index in [-0.39, 0.29) is 19.5 Å². The summed E-state index contributed by atoms with van der Waals surface area (Å²) in [7, 11) is 0. The summed E-state index contributed by atoms with van der Waals surface area (Å²) in [5, 5.41) is 4.22. The molecule has 0 spiro atoms. The molecule has 1 heterocycles. The fraction of sp³-hybridized carbons (Fsp3) is 1.00. The predicted octanol–water partition coefficient (Wildman–Crippen LogP) is 1.96. The van der Waals surface area contributed by atoms with E-state index >= 15 is 0 Å². The number of halogens is 1. The Morgan fingerprint density at radius 2 is 1.75 bits per heavy atom. The van der Waals surface area contributed by atoms with E-state index in [4.69, 9.17) is 0 Å². The molecule has 1 fully saturated rings. The predicted molar refractivity (Wildman–Crippen MR) is 40.1 cm³/mol. The third-order valence-electron chi connectivity index (χ3n) is 1.20. The monoisotopic (exact) mass is 313 g/mol. The number of piperidine rings is 1. The minimum atomic E-state index is 0. The summed E-state index contributed by atoms with van der Waals surface area (Å²) < 4.78 is 0.912. The van der Waals surface area contributed by atoms with Gasteiger partial charge in [0.15, 0.2) is 0 Å². The molecule has 0 N–H and O–H groups in total. The zero-order chi connectivity index (χ0) is 5.11. The molecule has 0 aromatic rings. The van der Waals surface area contributed by atoms with Crippen LogP contribution in [0.1, 0.15) is 12.8 Å². The molecule has 8 heavy (non-hydrogen) atoms. The standard InChI is InChI=1S/C5H9IN.Rh/c6-5-1-3-7-4-2-5;/h5H,1-4H2;/q-1;. The molecule has 3 heteroatoms. The molecule has 0 atom stereocenters. The Labute approximate surface area is 76.9 Å². The first kappa shape index (κ1) is 9.31. The van der Waals surface area contributed by atoms with E-state index in [0.29, 0.717) is 0 Å². The van der Waals surface area contributed by atoms with E-state index in [9.17, 15) is 0 Å². The molecule has 1 radical (unpaired) electrons. The van der Waals surface area contributed by atoms with Crippen molar-refractivity contribution in [1.29, 1.82) is 0 Å². The summed E-state index contributed by atoms with van der Waals surface area (Å²) in [6.07, 6.45) is 2.61. The third kappa shape index (κ3) is 3.36. The van der Waals surface area contributed by atoms with Gasteiger partial charge in [-0.1, -0.05) is 35.4 Å². The van der Waals surface area contributed by atoms with Crippen LogP contribution in [0.5, 0.6) is 0 Å². The number of hydrogen-bond acceptors (Lipinski definition) is 0. The van der Waals surface area contributed by atoms with Crippen LogP contribution in [0.15, 0.2) is 0 Å². The zero-order valence-electron chi connectivity index (χ0n) is 4.56. The van der Waals surface area contributed by atoms with Gasteiger partial charge in [0.25, 0.3) is 0 Å². The molecule has 0 aromatic heterocycles. The van der Waals surface area contributed by atoms with Gasteiger partial charge < -0.3 is 5.32 Å². The van der Waals surface area contributed by atoms with Crippen molar-refractivity contribution in [1.82, 2.24) is 0 Å². The maximum atomic E-state index is 4.22. The van der Waals surface area contributed by atoms with Gasteiger partial charge >= 0.3 is 0 Å². The van der Waals surface area contributed by atoms with Crippen LogP contribution in [0.3, 0.4) is 0 Å². The SMILES string of the molecule is IC1CC[N-]CC1.[Rh]. The number of rotatable bonds is 0. The molecule has 1 aliphatic heterocycles. The first-order chi connectivity index (χ1) is 3.39. The second kappa shape index (κ2) is 5.13. The first-order valence-electron chi connectivity index (χ1n) is 2.67.